The van der Waals surface area contributed by atoms with Gasteiger partial charge < -0.3 is 10.1 Å². The van der Waals surface area contributed by atoms with Crippen LogP contribution >= 0.6 is 11.6 Å². The van der Waals surface area contributed by atoms with Crippen molar-refractivity contribution in [2.24, 2.45) is 0 Å². The Bertz CT molecular complexity index is 612. The van der Waals surface area contributed by atoms with Gasteiger partial charge in [-0.25, -0.2) is 4.68 Å². The van der Waals surface area contributed by atoms with Crippen LogP contribution in [-0.4, -0.2) is 35.4 Å². The van der Waals surface area contributed by atoms with Gasteiger partial charge in [0.1, 0.15) is 0 Å². The van der Waals surface area contributed by atoms with E-state index in [4.69, 9.17) is 16.3 Å². The van der Waals surface area contributed by atoms with E-state index in [2.05, 4.69) is 10.4 Å². The minimum atomic E-state index is -0.169. The van der Waals surface area contributed by atoms with Crippen LogP contribution < -0.4 is 5.32 Å². The Labute approximate surface area is 128 Å². The largest absolute Gasteiger partial charge is 0.383 e. The lowest BCUT2D eigenvalue weighted by atomic mass is 10.2. The number of benzene rings is 1. The minimum Gasteiger partial charge on any atom is -0.383 e. The number of nitrogens with one attached hydrogen (secondary N) is 1. The molecule has 0 saturated carbocycles. The Morgan fingerprint density at radius 3 is 2.90 bits per heavy atom. The first-order valence-electron chi connectivity index (χ1n) is 6.75. The zero-order chi connectivity index (χ0) is 15.2. The number of para-hydroxylation sites is 1. The number of hydrogen-bond acceptors (Lipinski definition) is 3. The van der Waals surface area contributed by atoms with Gasteiger partial charge in [0.2, 0.25) is 0 Å². The fourth-order valence-electron chi connectivity index (χ4n) is 1.94. The molecule has 0 aliphatic heterocycles. The van der Waals surface area contributed by atoms with Crippen molar-refractivity contribution >= 4 is 17.5 Å². The van der Waals surface area contributed by atoms with Crippen LogP contribution in [0.15, 0.2) is 36.7 Å². The Morgan fingerprint density at radius 1 is 1.48 bits per heavy atom. The van der Waals surface area contributed by atoms with Gasteiger partial charge >= 0.3 is 0 Å². The molecule has 0 spiro atoms. The van der Waals surface area contributed by atoms with Gasteiger partial charge in [0.15, 0.2) is 0 Å². The second-order valence-corrected chi connectivity index (χ2v) is 5.07. The molecule has 2 rings (SSSR count). The van der Waals surface area contributed by atoms with E-state index < -0.39 is 0 Å². The molecule has 1 N–H and O–H groups in total. The number of ether oxygens (including phenoxy) is 1. The fraction of sp³-hybridized carbons (Fsp3) is 0.333. The van der Waals surface area contributed by atoms with E-state index in [0.717, 1.165) is 12.1 Å². The van der Waals surface area contributed by atoms with Gasteiger partial charge in [-0.2, -0.15) is 5.10 Å². The molecule has 0 aliphatic carbocycles. The number of nitrogens with zero attached hydrogens (tertiary/aromatic N) is 2. The first-order valence-corrected chi connectivity index (χ1v) is 7.12. The number of hydrogen-bond donors (Lipinski definition) is 1. The molecule has 5 nitrogen and oxygen atoms in total. The van der Waals surface area contributed by atoms with Crippen molar-refractivity contribution < 1.29 is 9.53 Å². The first-order chi connectivity index (χ1) is 10.2. The van der Waals surface area contributed by atoms with Crippen molar-refractivity contribution in [1.29, 1.82) is 0 Å². The Balaban J connectivity index is 2.13. The minimum absolute atomic E-state index is 0.00818. The summed E-state index contributed by atoms with van der Waals surface area (Å²) in [4.78, 5) is 12.2. The second-order valence-electron chi connectivity index (χ2n) is 4.66. The summed E-state index contributed by atoms with van der Waals surface area (Å²) in [6.45, 7) is 2.48. The molecular formula is C15H18ClN3O2. The number of carbonyl (C=O) groups is 1. The molecule has 112 valence electrons. The zero-order valence-electron chi connectivity index (χ0n) is 12.0. The number of aromatic nitrogens is 2. The van der Waals surface area contributed by atoms with Crippen molar-refractivity contribution in [2.75, 3.05) is 13.7 Å². The predicted octanol–water partition coefficient (Wildman–Crippen LogP) is 2.68. The lowest BCUT2D eigenvalue weighted by Crippen LogP contribution is -2.37. The lowest BCUT2D eigenvalue weighted by Gasteiger charge is -2.14. The number of carbonyl (C=O) groups excluding carboxylic acids is 1. The highest BCUT2D eigenvalue weighted by Crippen LogP contribution is 2.19. The Hall–Kier alpha value is -1.85. The summed E-state index contributed by atoms with van der Waals surface area (Å²) in [5.74, 6) is -0.169. The van der Waals surface area contributed by atoms with E-state index in [1.807, 2.05) is 25.1 Å². The standard InChI is InChI=1S/C15H18ClN3O2/c1-3-12(10-21-2)18-15(20)11-8-17-19(9-11)14-7-5-4-6-13(14)16/h4-9,12H,3,10H2,1-2H3,(H,18,20). The SMILES string of the molecule is CCC(COC)NC(=O)c1cnn(-c2ccccc2Cl)c1. The van der Waals surface area contributed by atoms with Crippen molar-refractivity contribution in [3.63, 3.8) is 0 Å². The van der Waals surface area contributed by atoms with E-state index in [0.29, 0.717) is 17.2 Å². The van der Waals surface area contributed by atoms with Crippen molar-refractivity contribution in [3.05, 3.63) is 47.2 Å². The smallest absolute Gasteiger partial charge is 0.254 e. The van der Waals surface area contributed by atoms with Gasteiger partial charge in [0.25, 0.3) is 5.91 Å². The van der Waals surface area contributed by atoms with Gasteiger partial charge in [-0.15, -0.1) is 0 Å². The first kappa shape index (κ1) is 15.5. The molecule has 1 aromatic heterocycles. The summed E-state index contributed by atoms with van der Waals surface area (Å²) in [5, 5.41) is 7.68. The topological polar surface area (TPSA) is 56.1 Å². The van der Waals surface area contributed by atoms with Crippen LogP contribution in [0, 0.1) is 0 Å². The molecule has 1 atom stereocenters. The summed E-state index contributed by atoms with van der Waals surface area (Å²) in [6, 6.07) is 7.33. The van der Waals surface area contributed by atoms with Crippen LogP contribution in [0.5, 0.6) is 0 Å². The maximum atomic E-state index is 12.2. The van der Waals surface area contributed by atoms with Crippen LogP contribution in [0.25, 0.3) is 5.69 Å². The quantitative estimate of drug-likeness (QED) is 0.892. The highest BCUT2D eigenvalue weighted by atomic mass is 35.5. The van der Waals surface area contributed by atoms with Gasteiger partial charge in [-0.05, 0) is 18.6 Å². The van der Waals surface area contributed by atoms with Crippen LogP contribution in [0.2, 0.25) is 5.02 Å². The van der Waals surface area contributed by atoms with Crippen molar-refractivity contribution in [1.82, 2.24) is 15.1 Å². The molecule has 0 bridgehead atoms. The van der Waals surface area contributed by atoms with E-state index in [1.165, 1.54) is 6.20 Å². The van der Waals surface area contributed by atoms with Crippen molar-refractivity contribution in [2.45, 2.75) is 19.4 Å². The number of amides is 1. The third-order valence-corrected chi connectivity index (χ3v) is 3.46. The highest BCUT2D eigenvalue weighted by molar-refractivity contribution is 6.32. The monoisotopic (exact) mass is 307 g/mol. The summed E-state index contributed by atoms with van der Waals surface area (Å²) in [7, 11) is 1.62. The van der Waals surface area contributed by atoms with Crippen molar-refractivity contribution in [3.8, 4) is 5.69 Å². The summed E-state index contributed by atoms with van der Waals surface area (Å²) >= 11 is 6.12. The maximum Gasteiger partial charge on any atom is 0.254 e. The molecule has 0 fully saturated rings. The van der Waals surface area contributed by atoms with Crippen LogP contribution in [-0.2, 0) is 4.74 Å². The summed E-state index contributed by atoms with van der Waals surface area (Å²) in [5.41, 5.74) is 1.23. The molecule has 0 aliphatic rings. The average molecular weight is 308 g/mol. The van der Waals surface area contributed by atoms with E-state index in [-0.39, 0.29) is 11.9 Å². The normalized spacial score (nSPS) is 12.1. The molecule has 0 saturated heterocycles. The van der Waals surface area contributed by atoms with E-state index >= 15 is 0 Å². The lowest BCUT2D eigenvalue weighted by molar-refractivity contribution is 0.0894. The van der Waals surface area contributed by atoms with Crippen LogP contribution in [0.3, 0.4) is 0 Å². The molecular weight excluding hydrogens is 290 g/mol. The second kappa shape index (κ2) is 7.24. The summed E-state index contributed by atoms with van der Waals surface area (Å²) in [6.07, 6.45) is 3.99. The number of halogens is 1. The molecule has 1 unspecified atom stereocenters. The Kier molecular flexibility index (Phi) is 5.36. The van der Waals surface area contributed by atoms with Crippen LogP contribution in [0.4, 0.5) is 0 Å². The van der Waals surface area contributed by atoms with Gasteiger partial charge in [-0.1, -0.05) is 30.7 Å². The van der Waals surface area contributed by atoms with Crippen LogP contribution in [0.1, 0.15) is 23.7 Å². The predicted molar refractivity (Wildman–Crippen MR) is 82.0 cm³/mol. The Morgan fingerprint density at radius 2 is 2.24 bits per heavy atom. The van der Waals surface area contributed by atoms with Gasteiger partial charge in [0, 0.05) is 13.3 Å². The molecule has 21 heavy (non-hydrogen) atoms. The molecule has 2 aromatic rings. The third kappa shape index (κ3) is 3.83. The van der Waals surface area contributed by atoms with E-state index in [1.54, 1.807) is 24.1 Å². The fourth-order valence-corrected chi connectivity index (χ4v) is 2.16. The molecule has 1 amide bonds. The molecule has 0 radical (unpaired) electrons. The summed E-state index contributed by atoms with van der Waals surface area (Å²) < 4.78 is 6.66. The molecule has 1 aromatic carbocycles. The molecule has 6 heteroatoms. The average Bonchev–Trinajstić information content (AvgIpc) is 2.97. The van der Waals surface area contributed by atoms with Gasteiger partial charge in [-0.3, -0.25) is 4.79 Å². The number of rotatable bonds is 6. The molecule has 1 heterocycles. The maximum absolute atomic E-state index is 12.2. The zero-order valence-corrected chi connectivity index (χ0v) is 12.8. The third-order valence-electron chi connectivity index (χ3n) is 3.14. The highest BCUT2D eigenvalue weighted by Gasteiger charge is 2.14. The number of methoxy groups -OCH3 is 1. The van der Waals surface area contributed by atoms with Gasteiger partial charge in [0.05, 0.1) is 35.1 Å². The van der Waals surface area contributed by atoms with E-state index in [9.17, 15) is 4.79 Å².